The van der Waals surface area contributed by atoms with E-state index in [4.69, 9.17) is 4.74 Å². The van der Waals surface area contributed by atoms with Crippen LogP contribution >= 0.6 is 0 Å². The van der Waals surface area contributed by atoms with Crippen molar-refractivity contribution in [2.24, 2.45) is 0 Å². The van der Waals surface area contributed by atoms with Crippen LogP contribution in [0.25, 0.3) is 0 Å². The number of hydrogen-bond donors (Lipinski definition) is 1. The number of amides is 2. The van der Waals surface area contributed by atoms with Crippen LogP contribution in [0.2, 0.25) is 0 Å². The molecule has 0 fully saturated rings. The van der Waals surface area contributed by atoms with Crippen molar-refractivity contribution in [3.63, 3.8) is 0 Å². The van der Waals surface area contributed by atoms with Gasteiger partial charge in [-0.25, -0.2) is 8.42 Å². The Morgan fingerprint density at radius 2 is 1.41 bits per heavy atom. The number of para-hydroxylation sites is 2. The van der Waals surface area contributed by atoms with Gasteiger partial charge in [-0.1, -0.05) is 97.4 Å². The highest BCUT2D eigenvalue weighted by atomic mass is 32.2. The zero-order chi connectivity index (χ0) is 31.5. The molecule has 1 atom stereocenters. The monoisotopic (exact) mass is 613 g/mol. The molecule has 0 aliphatic carbocycles. The van der Waals surface area contributed by atoms with Crippen LogP contribution in [0.1, 0.15) is 30.0 Å². The maximum Gasteiger partial charge on any atom is 0.264 e. The van der Waals surface area contributed by atoms with Gasteiger partial charge in [0, 0.05) is 19.5 Å². The van der Waals surface area contributed by atoms with E-state index >= 15 is 0 Å². The van der Waals surface area contributed by atoms with Crippen molar-refractivity contribution >= 4 is 27.5 Å². The lowest BCUT2D eigenvalue weighted by Crippen LogP contribution is -2.53. The van der Waals surface area contributed by atoms with Crippen LogP contribution in [-0.2, 0) is 32.6 Å². The van der Waals surface area contributed by atoms with Crippen LogP contribution in [0.4, 0.5) is 5.69 Å². The zero-order valence-corrected chi connectivity index (χ0v) is 26.2. The summed E-state index contributed by atoms with van der Waals surface area (Å²) in [5.41, 5.74) is 2.81. The normalized spacial score (nSPS) is 11.8. The van der Waals surface area contributed by atoms with Crippen LogP contribution in [0.15, 0.2) is 114 Å². The molecule has 0 bridgehead atoms. The molecule has 4 rings (SSSR count). The third-order valence-corrected chi connectivity index (χ3v) is 9.03. The van der Waals surface area contributed by atoms with Crippen molar-refractivity contribution in [2.75, 3.05) is 24.5 Å². The molecule has 0 saturated carbocycles. The van der Waals surface area contributed by atoms with Crippen molar-refractivity contribution in [1.29, 1.82) is 0 Å². The number of anilines is 1. The molecular formula is C35H39N3O5S. The third-order valence-electron chi connectivity index (χ3n) is 7.26. The molecular weight excluding hydrogens is 574 g/mol. The predicted octanol–water partition coefficient (Wildman–Crippen LogP) is 5.37. The quantitative estimate of drug-likeness (QED) is 0.207. The number of nitrogens with one attached hydrogen (secondary N) is 1. The van der Waals surface area contributed by atoms with Crippen molar-refractivity contribution in [2.45, 2.75) is 44.2 Å². The minimum Gasteiger partial charge on any atom is -0.495 e. The van der Waals surface area contributed by atoms with Crippen molar-refractivity contribution in [3.8, 4) is 5.75 Å². The fraction of sp³-hybridized carbons (Fsp3) is 0.257. The van der Waals surface area contributed by atoms with Crippen molar-refractivity contribution < 1.29 is 22.7 Å². The Hall–Kier alpha value is -4.63. The Morgan fingerprint density at radius 3 is 2.02 bits per heavy atom. The summed E-state index contributed by atoms with van der Waals surface area (Å²) in [4.78, 5) is 29.7. The highest BCUT2D eigenvalue weighted by Gasteiger charge is 2.35. The minimum absolute atomic E-state index is 0.0398. The average molecular weight is 614 g/mol. The van der Waals surface area contributed by atoms with Crippen LogP contribution in [-0.4, -0.2) is 51.4 Å². The van der Waals surface area contributed by atoms with Gasteiger partial charge in [0.15, 0.2) is 0 Å². The number of methoxy groups -OCH3 is 1. The number of sulfonamides is 1. The van der Waals surface area contributed by atoms with Crippen molar-refractivity contribution in [1.82, 2.24) is 10.2 Å². The molecule has 0 unspecified atom stereocenters. The van der Waals surface area contributed by atoms with Gasteiger partial charge in [-0.05, 0) is 48.7 Å². The number of nitrogens with zero attached hydrogens (tertiary/aromatic N) is 2. The Bertz CT molecular complexity index is 1630. The highest BCUT2D eigenvalue weighted by molar-refractivity contribution is 7.92. The molecule has 0 saturated heterocycles. The minimum atomic E-state index is -4.22. The first kappa shape index (κ1) is 32.3. The zero-order valence-electron chi connectivity index (χ0n) is 25.3. The smallest absolute Gasteiger partial charge is 0.264 e. The number of benzene rings is 4. The molecule has 0 spiro atoms. The molecule has 0 aliphatic heterocycles. The van der Waals surface area contributed by atoms with E-state index < -0.39 is 28.5 Å². The Balaban J connectivity index is 1.81. The predicted molar refractivity (Wildman–Crippen MR) is 173 cm³/mol. The molecule has 8 nitrogen and oxygen atoms in total. The maximum atomic E-state index is 14.5. The van der Waals surface area contributed by atoms with E-state index in [2.05, 4.69) is 5.32 Å². The number of carbonyl (C=O) groups is 2. The summed E-state index contributed by atoms with van der Waals surface area (Å²) >= 11 is 0. The van der Waals surface area contributed by atoms with E-state index in [0.29, 0.717) is 12.3 Å². The van der Waals surface area contributed by atoms with Gasteiger partial charge in [0.1, 0.15) is 18.3 Å². The molecule has 0 heterocycles. The third kappa shape index (κ3) is 8.05. The van der Waals surface area contributed by atoms with Crippen LogP contribution < -0.4 is 14.4 Å². The fourth-order valence-electron chi connectivity index (χ4n) is 4.89. The van der Waals surface area contributed by atoms with E-state index in [0.717, 1.165) is 27.4 Å². The first-order chi connectivity index (χ1) is 21.2. The lowest BCUT2D eigenvalue weighted by molar-refractivity contribution is -0.140. The number of hydrogen-bond acceptors (Lipinski definition) is 5. The largest absolute Gasteiger partial charge is 0.495 e. The van der Waals surface area contributed by atoms with Gasteiger partial charge >= 0.3 is 0 Å². The summed E-state index contributed by atoms with van der Waals surface area (Å²) in [5.74, 6) is -0.527. The molecule has 0 aliphatic rings. The molecule has 230 valence electrons. The Kier molecular flexibility index (Phi) is 11.2. The van der Waals surface area contributed by atoms with E-state index in [9.17, 15) is 18.0 Å². The molecule has 2 amide bonds. The maximum absolute atomic E-state index is 14.5. The second kappa shape index (κ2) is 15.2. The summed E-state index contributed by atoms with van der Waals surface area (Å²) < 4.78 is 35.0. The standard InChI is InChI=1S/C35H39N3O5S/c1-4-23-36-35(40)32(24-28-13-7-5-8-14-28)37(25-29-15-9-6-10-16-29)34(39)26-38(31-17-11-12-18-33(31)43-3)44(41,42)30-21-19-27(2)20-22-30/h5-22,32H,4,23-26H2,1-3H3,(H,36,40)/t32-/m0/s1. The lowest BCUT2D eigenvalue weighted by Gasteiger charge is -2.34. The van der Waals surface area contributed by atoms with Crippen LogP contribution in [0.3, 0.4) is 0 Å². The summed E-state index contributed by atoms with van der Waals surface area (Å²) in [7, 11) is -2.77. The summed E-state index contributed by atoms with van der Waals surface area (Å²) in [6.45, 7) is 3.85. The molecule has 4 aromatic rings. The SMILES string of the molecule is CCCNC(=O)[C@H](Cc1ccccc1)N(Cc1ccccc1)C(=O)CN(c1ccccc1OC)S(=O)(=O)c1ccc(C)cc1. The molecule has 0 radical (unpaired) electrons. The number of rotatable bonds is 14. The average Bonchev–Trinajstić information content (AvgIpc) is 3.05. The first-order valence-corrected chi connectivity index (χ1v) is 16.1. The lowest BCUT2D eigenvalue weighted by atomic mass is 10.0. The molecule has 9 heteroatoms. The molecule has 0 aromatic heterocycles. The first-order valence-electron chi connectivity index (χ1n) is 14.6. The van der Waals surface area contributed by atoms with Gasteiger partial charge in [0.2, 0.25) is 11.8 Å². The molecule has 44 heavy (non-hydrogen) atoms. The van der Waals surface area contributed by atoms with Gasteiger partial charge in [-0.15, -0.1) is 0 Å². The summed E-state index contributed by atoms with van der Waals surface area (Å²) in [6, 6.07) is 31.1. The van der Waals surface area contributed by atoms with Gasteiger partial charge < -0.3 is 15.0 Å². The fourth-order valence-corrected chi connectivity index (χ4v) is 6.31. The van der Waals surface area contributed by atoms with Gasteiger partial charge in [-0.2, -0.15) is 0 Å². The second-order valence-electron chi connectivity index (χ2n) is 10.5. The highest BCUT2D eigenvalue weighted by Crippen LogP contribution is 2.32. The van der Waals surface area contributed by atoms with Crippen molar-refractivity contribution in [3.05, 3.63) is 126 Å². The summed E-state index contributed by atoms with van der Waals surface area (Å²) in [6.07, 6.45) is 0.987. The number of ether oxygens (including phenoxy) is 1. The van der Waals surface area contributed by atoms with E-state index in [1.807, 2.05) is 74.5 Å². The Labute approximate surface area is 260 Å². The molecule has 4 aromatic carbocycles. The van der Waals surface area contributed by atoms with Gasteiger partial charge in [0.05, 0.1) is 17.7 Å². The van der Waals surface area contributed by atoms with Crippen LogP contribution in [0.5, 0.6) is 5.75 Å². The number of aryl methyl sites for hydroxylation is 1. The Morgan fingerprint density at radius 1 is 0.818 bits per heavy atom. The summed E-state index contributed by atoms with van der Waals surface area (Å²) in [5, 5.41) is 2.95. The molecule has 1 N–H and O–H groups in total. The van der Waals surface area contributed by atoms with Gasteiger partial charge in [-0.3, -0.25) is 13.9 Å². The van der Waals surface area contributed by atoms with E-state index in [1.54, 1.807) is 36.4 Å². The van der Waals surface area contributed by atoms with Crippen LogP contribution in [0, 0.1) is 6.92 Å². The number of carbonyl (C=O) groups excluding carboxylic acids is 2. The van der Waals surface area contributed by atoms with Gasteiger partial charge in [0.25, 0.3) is 10.0 Å². The topological polar surface area (TPSA) is 96.0 Å². The second-order valence-corrected chi connectivity index (χ2v) is 12.4. The van der Waals surface area contributed by atoms with E-state index in [1.165, 1.54) is 24.1 Å². The van der Waals surface area contributed by atoms with E-state index in [-0.39, 0.29) is 29.5 Å².